The summed E-state index contributed by atoms with van der Waals surface area (Å²) in [5.41, 5.74) is 3.78. The Morgan fingerprint density at radius 1 is 1.38 bits per heavy atom. The van der Waals surface area contributed by atoms with E-state index in [4.69, 9.17) is 4.74 Å². The fraction of sp³-hybridized carbons (Fsp3) is 0.667. The molecule has 2 heterocycles. The van der Waals surface area contributed by atoms with Gasteiger partial charge in [-0.3, -0.25) is 4.90 Å². The van der Waals surface area contributed by atoms with Gasteiger partial charge in [0, 0.05) is 32.3 Å². The largest absolute Gasteiger partial charge is 0.373 e. The minimum Gasteiger partial charge on any atom is -0.373 e. The van der Waals surface area contributed by atoms with Crippen LogP contribution in [0.3, 0.4) is 0 Å². The van der Waals surface area contributed by atoms with Gasteiger partial charge in [0.2, 0.25) is 10.0 Å². The lowest BCUT2D eigenvalue weighted by Crippen LogP contribution is -2.49. The van der Waals surface area contributed by atoms with Gasteiger partial charge in [-0.05, 0) is 44.2 Å². The van der Waals surface area contributed by atoms with Crippen molar-refractivity contribution in [2.45, 2.75) is 51.3 Å². The Morgan fingerprint density at radius 3 is 2.92 bits per heavy atom. The number of nitrogens with zero attached hydrogens (tertiary/aromatic N) is 1. The lowest BCUT2D eigenvalue weighted by molar-refractivity contribution is -0.0779. The molecule has 24 heavy (non-hydrogen) atoms. The molecule has 0 unspecified atom stereocenters. The van der Waals surface area contributed by atoms with Crippen molar-refractivity contribution in [1.82, 2.24) is 9.62 Å². The van der Waals surface area contributed by atoms with E-state index in [2.05, 4.69) is 41.7 Å². The molecule has 2 aliphatic heterocycles. The van der Waals surface area contributed by atoms with Crippen LogP contribution in [0.15, 0.2) is 18.2 Å². The minimum absolute atomic E-state index is 0.00518. The second kappa shape index (κ2) is 6.75. The average Bonchev–Trinajstić information content (AvgIpc) is 2.83. The standard InChI is InChI=1S/C18H28N2O3S/c1-14-4-5-15(2)16(10-14)12-20-8-7-18(13-20)11-17(6-9-23-18)19-24(3,21)22/h4-5,10,17,19H,6-9,11-13H2,1-3H3/t17-,18-/m0/s1. The Balaban J connectivity index is 1.64. The Kier molecular flexibility index (Phi) is 5.02. The number of aryl methyl sites for hydroxylation is 2. The van der Waals surface area contributed by atoms with E-state index in [1.807, 2.05) is 0 Å². The van der Waals surface area contributed by atoms with E-state index in [0.717, 1.165) is 38.9 Å². The molecule has 2 aliphatic rings. The van der Waals surface area contributed by atoms with E-state index in [1.54, 1.807) is 0 Å². The van der Waals surface area contributed by atoms with E-state index in [9.17, 15) is 8.42 Å². The number of rotatable bonds is 4. The van der Waals surface area contributed by atoms with Crippen LogP contribution in [0.2, 0.25) is 0 Å². The highest BCUT2D eigenvalue weighted by Gasteiger charge is 2.43. The summed E-state index contributed by atoms with van der Waals surface area (Å²) in [6, 6.07) is 6.58. The predicted molar refractivity (Wildman–Crippen MR) is 95.5 cm³/mol. The smallest absolute Gasteiger partial charge is 0.208 e. The highest BCUT2D eigenvalue weighted by Crippen LogP contribution is 2.35. The van der Waals surface area contributed by atoms with Gasteiger partial charge in [0.05, 0.1) is 11.9 Å². The van der Waals surface area contributed by atoms with Crippen LogP contribution in [-0.4, -0.2) is 50.9 Å². The molecule has 0 aromatic heterocycles. The Hall–Kier alpha value is -0.950. The van der Waals surface area contributed by atoms with Crippen molar-refractivity contribution in [2.75, 3.05) is 26.0 Å². The number of ether oxygens (including phenoxy) is 1. The molecule has 0 aliphatic carbocycles. The highest BCUT2D eigenvalue weighted by atomic mass is 32.2. The van der Waals surface area contributed by atoms with Crippen LogP contribution < -0.4 is 4.72 Å². The first-order valence-corrected chi connectivity index (χ1v) is 10.5. The normalized spacial score (nSPS) is 28.5. The molecule has 5 nitrogen and oxygen atoms in total. The summed E-state index contributed by atoms with van der Waals surface area (Å²) in [6.07, 6.45) is 3.73. The molecular weight excluding hydrogens is 324 g/mol. The maximum Gasteiger partial charge on any atom is 0.208 e. The summed E-state index contributed by atoms with van der Waals surface area (Å²) in [7, 11) is -3.16. The molecule has 2 saturated heterocycles. The van der Waals surface area contributed by atoms with Gasteiger partial charge in [0.15, 0.2) is 0 Å². The second-order valence-corrected chi connectivity index (χ2v) is 9.28. The van der Waals surface area contributed by atoms with Gasteiger partial charge in [-0.2, -0.15) is 0 Å². The summed E-state index contributed by atoms with van der Waals surface area (Å²) in [5.74, 6) is 0. The summed E-state index contributed by atoms with van der Waals surface area (Å²) in [5, 5.41) is 0. The van der Waals surface area contributed by atoms with Gasteiger partial charge >= 0.3 is 0 Å². The van der Waals surface area contributed by atoms with Crippen LogP contribution >= 0.6 is 0 Å². The van der Waals surface area contributed by atoms with Crippen molar-refractivity contribution >= 4 is 10.0 Å². The fourth-order valence-electron chi connectivity index (χ4n) is 3.99. The molecule has 1 aromatic rings. The summed E-state index contributed by atoms with van der Waals surface area (Å²) < 4.78 is 31.9. The molecule has 6 heteroatoms. The molecule has 2 fully saturated rings. The molecule has 0 saturated carbocycles. The molecule has 0 amide bonds. The number of nitrogens with one attached hydrogen (secondary N) is 1. The van der Waals surface area contributed by atoms with Gasteiger partial charge < -0.3 is 4.74 Å². The van der Waals surface area contributed by atoms with Crippen molar-refractivity contribution in [2.24, 2.45) is 0 Å². The van der Waals surface area contributed by atoms with Gasteiger partial charge in [0.25, 0.3) is 0 Å². The van der Waals surface area contributed by atoms with Crippen LogP contribution in [0.25, 0.3) is 0 Å². The number of benzene rings is 1. The number of hydrogen-bond donors (Lipinski definition) is 1. The minimum atomic E-state index is -3.16. The fourth-order valence-corrected chi connectivity index (χ4v) is 4.80. The summed E-state index contributed by atoms with van der Waals surface area (Å²) in [6.45, 7) is 7.72. The van der Waals surface area contributed by atoms with Crippen molar-refractivity contribution in [3.05, 3.63) is 34.9 Å². The lowest BCUT2D eigenvalue weighted by atomic mass is 9.90. The molecular formula is C18H28N2O3S. The van der Waals surface area contributed by atoms with Crippen LogP contribution in [0.4, 0.5) is 0 Å². The zero-order valence-electron chi connectivity index (χ0n) is 14.8. The van der Waals surface area contributed by atoms with Crippen molar-refractivity contribution in [1.29, 1.82) is 0 Å². The molecule has 0 radical (unpaired) electrons. The van der Waals surface area contributed by atoms with Crippen LogP contribution in [0.1, 0.15) is 36.0 Å². The van der Waals surface area contributed by atoms with E-state index >= 15 is 0 Å². The van der Waals surface area contributed by atoms with Crippen LogP contribution in [-0.2, 0) is 21.3 Å². The maximum absolute atomic E-state index is 11.5. The zero-order valence-corrected chi connectivity index (χ0v) is 15.7. The Morgan fingerprint density at radius 2 is 2.17 bits per heavy atom. The first-order valence-electron chi connectivity index (χ1n) is 8.64. The monoisotopic (exact) mass is 352 g/mol. The summed E-state index contributed by atoms with van der Waals surface area (Å²) >= 11 is 0. The quantitative estimate of drug-likeness (QED) is 0.900. The third-order valence-electron chi connectivity index (χ3n) is 5.17. The number of hydrogen-bond acceptors (Lipinski definition) is 4. The molecule has 1 spiro atoms. The Labute approximate surface area is 145 Å². The Bertz CT molecular complexity index is 704. The van der Waals surface area contributed by atoms with Crippen LogP contribution in [0.5, 0.6) is 0 Å². The topological polar surface area (TPSA) is 58.6 Å². The van der Waals surface area contributed by atoms with E-state index in [1.165, 1.54) is 22.9 Å². The lowest BCUT2D eigenvalue weighted by Gasteiger charge is -2.38. The van der Waals surface area contributed by atoms with Gasteiger partial charge in [-0.15, -0.1) is 0 Å². The van der Waals surface area contributed by atoms with Crippen molar-refractivity contribution in [3.63, 3.8) is 0 Å². The second-order valence-electron chi connectivity index (χ2n) is 7.50. The van der Waals surface area contributed by atoms with Crippen molar-refractivity contribution in [3.8, 4) is 0 Å². The number of sulfonamides is 1. The first kappa shape index (κ1) is 17.9. The van der Waals surface area contributed by atoms with Gasteiger partial charge in [0.1, 0.15) is 0 Å². The van der Waals surface area contributed by atoms with Gasteiger partial charge in [-0.25, -0.2) is 13.1 Å². The van der Waals surface area contributed by atoms with Gasteiger partial charge in [-0.1, -0.05) is 23.8 Å². The highest BCUT2D eigenvalue weighted by molar-refractivity contribution is 7.88. The SMILES string of the molecule is Cc1ccc(C)c(CN2CC[C@]3(C[C@@H](NS(C)(=O)=O)CCO3)C2)c1. The van der Waals surface area contributed by atoms with Crippen molar-refractivity contribution < 1.29 is 13.2 Å². The number of likely N-dealkylation sites (tertiary alicyclic amines) is 1. The van der Waals surface area contributed by atoms with Crippen LogP contribution in [0, 0.1) is 13.8 Å². The molecule has 0 bridgehead atoms. The van der Waals surface area contributed by atoms with E-state index in [0.29, 0.717) is 6.61 Å². The third kappa shape index (κ3) is 4.36. The average molecular weight is 353 g/mol. The maximum atomic E-state index is 11.5. The molecule has 2 atom stereocenters. The molecule has 3 rings (SSSR count). The predicted octanol–water partition coefficient (Wildman–Crippen LogP) is 1.98. The third-order valence-corrected chi connectivity index (χ3v) is 5.93. The van der Waals surface area contributed by atoms with E-state index in [-0.39, 0.29) is 11.6 Å². The van der Waals surface area contributed by atoms with E-state index < -0.39 is 10.0 Å². The first-order chi connectivity index (χ1) is 11.2. The zero-order chi connectivity index (χ0) is 17.4. The molecule has 1 aromatic carbocycles. The molecule has 134 valence electrons. The molecule has 1 N–H and O–H groups in total. The summed E-state index contributed by atoms with van der Waals surface area (Å²) in [4.78, 5) is 2.44.